The predicted octanol–water partition coefficient (Wildman–Crippen LogP) is 9.60. The van der Waals surface area contributed by atoms with Crippen molar-refractivity contribution in [1.82, 2.24) is 0 Å². The molecule has 38 heavy (non-hydrogen) atoms. The lowest BCUT2D eigenvalue weighted by Crippen LogP contribution is -2.34. The highest BCUT2D eigenvalue weighted by Gasteiger charge is 2.29. The molecule has 0 heterocycles. The molecule has 5 rings (SSSR count). The molecule has 0 aliphatic rings. The molecular formula is C36H37NSi. The average Bonchev–Trinajstić information content (AvgIpc) is 2.93. The lowest BCUT2D eigenvalue weighted by atomic mass is 9.78. The summed E-state index contributed by atoms with van der Waals surface area (Å²) in [7, 11) is -1.72. The Morgan fingerprint density at radius 3 is 1.03 bits per heavy atom. The number of hydrogen-bond acceptors (Lipinski definition) is 1. The van der Waals surface area contributed by atoms with Gasteiger partial charge in [-0.1, -0.05) is 159 Å². The molecule has 0 fully saturated rings. The van der Waals surface area contributed by atoms with Crippen molar-refractivity contribution in [2.45, 2.75) is 38.4 Å². The van der Waals surface area contributed by atoms with Gasteiger partial charge in [0, 0.05) is 17.5 Å². The maximum absolute atomic E-state index is 4.12. The second-order valence-corrected chi connectivity index (χ2v) is 16.0. The largest absolute Gasteiger partial charge is 0.410 e. The van der Waals surface area contributed by atoms with Gasteiger partial charge in [-0.25, -0.2) is 0 Å². The van der Waals surface area contributed by atoms with Gasteiger partial charge in [-0.15, -0.1) is 0 Å². The Kier molecular flexibility index (Phi) is 7.62. The third-order valence-electron chi connectivity index (χ3n) is 7.00. The first-order valence-corrected chi connectivity index (χ1v) is 17.0. The standard InChI is InChI=1S/C36H37NSi/c1-27-25-32(34(28-17-9-5-10-18-28)29-19-11-6-12-20-29)36(37-38(2,3)4)33(26-27)35(30-21-13-7-14-22-30)31-23-15-8-16-24-31/h5-26,34-35,37H,1-4H3. The van der Waals surface area contributed by atoms with Crippen LogP contribution in [0.4, 0.5) is 5.69 Å². The molecule has 0 aromatic heterocycles. The summed E-state index contributed by atoms with van der Waals surface area (Å²) in [6.45, 7) is 9.41. The van der Waals surface area contributed by atoms with E-state index in [0.717, 1.165) is 0 Å². The van der Waals surface area contributed by atoms with Crippen molar-refractivity contribution in [2.75, 3.05) is 4.98 Å². The molecule has 190 valence electrons. The van der Waals surface area contributed by atoms with Gasteiger partial charge in [0.05, 0.1) is 0 Å². The molecule has 5 aromatic rings. The highest BCUT2D eigenvalue weighted by atomic mass is 28.3. The van der Waals surface area contributed by atoms with Gasteiger partial charge in [0.15, 0.2) is 0 Å². The van der Waals surface area contributed by atoms with E-state index in [1.165, 1.54) is 44.6 Å². The molecule has 0 atom stereocenters. The smallest absolute Gasteiger partial charge is 0.144 e. The maximum atomic E-state index is 4.12. The highest BCUT2D eigenvalue weighted by Crippen LogP contribution is 2.44. The number of benzene rings is 5. The summed E-state index contributed by atoms with van der Waals surface area (Å²) in [5.74, 6) is 0.254. The van der Waals surface area contributed by atoms with E-state index in [1.807, 2.05) is 0 Å². The zero-order chi connectivity index (χ0) is 26.5. The van der Waals surface area contributed by atoms with E-state index < -0.39 is 8.24 Å². The van der Waals surface area contributed by atoms with E-state index in [4.69, 9.17) is 0 Å². The van der Waals surface area contributed by atoms with Crippen LogP contribution in [0, 0.1) is 6.92 Å². The van der Waals surface area contributed by atoms with Gasteiger partial charge < -0.3 is 4.98 Å². The molecule has 1 N–H and O–H groups in total. The molecular weight excluding hydrogens is 474 g/mol. The van der Waals surface area contributed by atoms with Crippen LogP contribution < -0.4 is 4.98 Å². The van der Waals surface area contributed by atoms with Crippen molar-refractivity contribution in [3.05, 3.63) is 172 Å². The van der Waals surface area contributed by atoms with E-state index in [-0.39, 0.29) is 11.8 Å². The zero-order valence-corrected chi connectivity index (χ0v) is 23.9. The van der Waals surface area contributed by atoms with Crippen molar-refractivity contribution in [2.24, 2.45) is 0 Å². The van der Waals surface area contributed by atoms with Crippen LogP contribution in [-0.4, -0.2) is 8.24 Å². The van der Waals surface area contributed by atoms with Crippen LogP contribution in [0.2, 0.25) is 19.6 Å². The number of aryl methyl sites for hydroxylation is 1. The Balaban J connectivity index is 1.83. The Bertz CT molecular complexity index is 1270. The summed E-state index contributed by atoms with van der Waals surface area (Å²) in [5, 5.41) is 0. The normalized spacial score (nSPS) is 11.6. The summed E-state index contributed by atoms with van der Waals surface area (Å²) >= 11 is 0. The highest BCUT2D eigenvalue weighted by molar-refractivity contribution is 6.79. The van der Waals surface area contributed by atoms with Crippen molar-refractivity contribution >= 4 is 13.9 Å². The molecule has 1 nitrogen and oxygen atoms in total. The molecule has 0 unspecified atom stereocenters. The zero-order valence-electron chi connectivity index (χ0n) is 22.9. The van der Waals surface area contributed by atoms with Crippen molar-refractivity contribution in [3.8, 4) is 0 Å². The topological polar surface area (TPSA) is 12.0 Å². The number of hydrogen-bond donors (Lipinski definition) is 1. The number of nitrogens with one attached hydrogen (secondary N) is 1. The van der Waals surface area contributed by atoms with Gasteiger partial charge >= 0.3 is 0 Å². The Hall–Kier alpha value is -3.88. The first-order chi connectivity index (χ1) is 18.4. The van der Waals surface area contributed by atoms with E-state index in [9.17, 15) is 0 Å². The molecule has 0 amide bonds. The first kappa shape index (κ1) is 25.8. The summed E-state index contributed by atoms with van der Waals surface area (Å²) < 4.78 is 0. The molecule has 2 heteroatoms. The van der Waals surface area contributed by atoms with Crippen LogP contribution in [0.5, 0.6) is 0 Å². The summed E-state index contributed by atoms with van der Waals surface area (Å²) in [6, 6.07) is 48.6. The van der Waals surface area contributed by atoms with Gasteiger partial charge in [0.2, 0.25) is 0 Å². The Morgan fingerprint density at radius 2 is 0.763 bits per heavy atom. The lowest BCUT2D eigenvalue weighted by molar-refractivity contribution is 0.940. The first-order valence-electron chi connectivity index (χ1n) is 13.5. The second-order valence-electron chi connectivity index (χ2n) is 11.2. The molecule has 0 aliphatic carbocycles. The number of anilines is 1. The van der Waals surface area contributed by atoms with E-state index in [1.54, 1.807) is 0 Å². The van der Waals surface area contributed by atoms with E-state index in [0.29, 0.717) is 0 Å². The molecule has 5 aromatic carbocycles. The fourth-order valence-corrected chi connectivity index (χ4v) is 6.54. The van der Waals surface area contributed by atoms with Gasteiger partial charge in [-0.3, -0.25) is 0 Å². The van der Waals surface area contributed by atoms with Crippen molar-refractivity contribution in [1.29, 1.82) is 0 Å². The molecule has 0 radical (unpaired) electrons. The van der Waals surface area contributed by atoms with E-state index in [2.05, 4.69) is 165 Å². The van der Waals surface area contributed by atoms with Crippen LogP contribution in [-0.2, 0) is 0 Å². The SMILES string of the molecule is Cc1cc(C(c2ccccc2)c2ccccc2)c(N[Si](C)(C)C)c(C(c2ccccc2)c2ccccc2)c1. The third-order valence-corrected chi connectivity index (χ3v) is 8.00. The van der Waals surface area contributed by atoms with Gasteiger partial charge in [-0.05, 0) is 40.3 Å². The minimum absolute atomic E-state index is 0.127. The van der Waals surface area contributed by atoms with Crippen molar-refractivity contribution in [3.63, 3.8) is 0 Å². The summed E-state index contributed by atoms with van der Waals surface area (Å²) in [5.41, 5.74) is 10.5. The number of rotatable bonds is 8. The lowest BCUT2D eigenvalue weighted by Gasteiger charge is -2.32. The van der Waals surface area contributed by atoms with Gasteiger partial charge in [0.1, 0.15) is 8.24 Å². The fourth-order valence-electron chi connectivity index (χ4n) is 5.50. The van der Waals surface area contributed by atoms with Crippen LogP contribution in [0.15, 0.2) is 133 Å². The quantitative estimate of drug-likeness (QED) is 0.161. The summed E-state index contributed by atoms with van der Waals surface area (Å²) in [4.78, 5) is 4.12. The minimum Gasteiger partial charge on any atom is -0.410 e. The molecule has 0 saturated carbocycles. The fraction of sp³-hybridized carbons (Fsp3) is 0.167. The third kappa shape index (κ3) is 5.82. The van der Waals surface area contributed by atoms with Crippen LogP contribution in [0.3, 0.4) is 0 Å². The minimum atomic E-state index is -1.72. The van der Waals surface area contributed by atoms with Crippen LogP contribution in [0.1, 0.15) is 50.8 Å². The molecule has 0 spiro atoms. The Morgan fingerprint density at radius 1 is 0.474 bits per heavy atom. The van der Waals surface area contributed by atoms with Gasteiger partial charge in [-0.2, -0.15) is 0 Å². The van der Waals surface area contributed by atoms with E-state index >= 15 is 0 Å². The monoisotopic (exact) mass is 511 g/mol. The van der Waals surface area contributed by atoms with Crippen molar-refractivity contribution < 1.29 is 0 Å². The molecule has 0 saturated heterocycles. The van der Waals surface area contributed by atoms with Gasteiger partial charge in [0.25, 0.3) is 0 Å². The Labute approximate surface area is 229 Å². The average molecular weight is 512 g/mol. The second kappa shape index (κ2) is 11.2. The van der Waals surface area contributed by atoms with Crippen LogP contribution in [0.25, 0.3) is 0 Å². The predicted molar refractivity (Wildman–Crippen MR) is 166 cm³/mol. The summed E-state index contributed by atoms with van der Waals surface area (Å²) in [6.07, 6.45) is 0. The maximum Gasteiger partial charge on any atom is 0.144 e. The van der Waals surface area contributed by atoms with Crippen LogP contribution >= 0.6 is 0 Å². The molecule has 0 bridgehead atoms. The molecule has 0 aliphatic heterocycles.